The third-order valence-electron chi connectivity index (χ3n) is 4.41. The van der Waals surface area contributed by atoms with Crippen LogP contribution in [0.15, 0.2) is 0 Å². The lowest BCUT2D eigenvalue weighted by atomic mass is 9.79. The van der Waals surface area contributed by atoms with Gasteiger partial charge in [0.1, 0.15) is 25.4 Å². The number of esters is 2. The molecule has 0 aromatic heterocycles. The van der Waals surface area contributed by atoms with Crippen LogP contribution < -0.4 is 0 Å². The van der Waals surface area contributed by atoms with Gasteiger partial charge in [-0.15, -0.1) is 0 Å². The Labute approximate surface area is 149 Å². The molecular weight excluding hydrogens is 328 g/mol. The molecule has 7 heteroatoms. The number of hydrogen-bond acceptors (Lipinski definition) is 7. The fourth-order valence-corrected chi connectivity index (χ4v) is 2.79. The molecule has 2 heterocycles. The Kier molecular flexibility index (Phi) is 8.64. The Balaban J connectivity index is 0.000000399. The molecule has 0 spiro atoms. The average molecular weight is 358 g/mol. The molecule has 4 atom stereocenters. The molecule has 2 saturated heterocycles. The lowest BCUT2D eigenvalue weighted by molar-refractivity contribution is -0.163. The zero-order valence-electron chi connectivity index (χ0n) is 15.2. The molecule has 1 saturated carbocycles. The smallest absolute Gasteiger partial charge is 0.309 e. The van der Waals surface area contributed by atoms with Crippen molar-refractivity contribution in [3.63, 3.8) is 0 Å². The molecule has 0 aromatic carbocycles. The average Bonchev–Trinajstić information content (AvgIpc) is 3.53. The molecule has 144 valence electrons. The highest BCUT2D eigenvalue weighted by Gasteiger charge is 2.39. The van der Waals surface area contributed by atoms with E-state index in [0.29, 0.717) is 39.3 Å². The van der Waals surface area contributed by atoms with Crippen molar-refractivity contribution in [2.45, 2.75) is 51.7 Å². The lowest BCUT2D eigenvalue weighted by Crippen LogP contribution is -2.35. The van der Waals surface area contributed by atoms with Crippen LogP contribution in [-0.2, 0) is 33.3 Å². The van der Waals surface area contributed by atoms with Gasteiger partial charge < -0.3 is 23.7 Å². The van der Waals surface area contributed by atoms with E-state index in [0.717, 1.165) is 26.1 Å². The largest absolute Gasteiger partial charge is 0.463 e. The third kappa shape index (κ3) is 7.71. The quantitative estimate of drug-likeness (QED) is 0.482. The summed E-state index contributed by atoms with van der Waals surface area (Å²) < 4.78 is 25.3. The van der Waals surface area contributed by atoms with E-state index >= 15 is 0 Å². The first-order chi connectivity index (χ1) is 12.2. The van der Waals surface area contributed by atoms with Crippen LogP contribution in [0.25, 0.3) is 0 Å². The van der Waals surface area contributed by atoms with Crippen LogP contribution in [0.4, 0.5) is 0 Å². The highest BCUT2D eigenvalue weighted by Crippen LogP contribution is 2.32. The van der Waals surface area contributed by atoms with E-state index in [-0.39, 0.29) is 36.0 Å². The van der Waals surface area contributed by atoms with E-state index in [1.165, 1.54) is 0 Å². The molecule has 2 aliphatic heterocycles. The summed E-state index contributed by atoms with van der Waals surface area (Å²) in [5, 5.41) is 0. The molecule has 3 fully saturated rings. The maximum atomic E-state index is 12.1. The van der Waals surface area contributed by atoms with Crippen LogP contribution >= 0.6 is 0 Å². The number of hydrogen-bond donors (Lipinski definition) is 0. The fraction of sp³-hybridized carbons (Fsp3) is 0.889. The summed E-state index contributed by atoms with van der Waals surface area (Å²) >= 11 is 0. The third-order valence-corrected chi connectivity index (χ3v) is 4.41. The summed E-state index contributed by atoms with van der Waals surface area (Å²) in [5.41, 5.74) is 0. The SMILES string of the molecule is CCOCC.O=C(OCC1CO1)C1CCCCC1C(=O)OCC1CO1. The van der Waals surface area contributed by atoms with Gasteiger partial charge in [0.25, 0.3) is 0 Å². The Hall–Kier alpha value is -1.18. The van der Waals surface area contributed by atoms with Crippen LogP contribution in [0.5, 0.6) is 0 Å². The first-order valence-corrected chi connectivity index (χ1v) is 9.29. The monoisotopic (exact) mass is 358 g/mol. The molecule has 3 aliphatic rings. The Bertz CT molecular complexity index is 380. The van der Waals surface area contributed by atoms with Gasteiger partial charge in [0.05, 0.1) is 25.0 Å². The van der Waals surface area contributed by atoms with Crippen molar-refractivity contribution in [2.24, 2.45) is 11.8 Å². The van der Waals surface area contributed by atoms with Crippen LogP contribution in [0.1, 0.15) is 39.5 Å². The maximum absolute atomic E-state index is 12.1. The molecule has 25 heavy (non-hydrogen) atoms. The minimum Gasteiger partial charge on any atom is -0.463 e. The topological polar surface area (TPSA) is 86.9 Å². The molecule has 0 aromatic rings. The summed E-state index contributed by atoms with van der Waals surface area (Å²) in [5.74, 6) is -1.31. The summed E-state index contributed by atoms with van der Waals surface area (Å²) in [6, 6.07) is 0. The Morgan fingerprint density at radius 2 is 1.24 bits per heavy atom. The zero-order chi connectivity index (χ0) is 18.1. The number of carbonyl (C=O) groups is 2. The first-order valence-electron chi connectivity index (χ1n) is 9.29. The number of ether oxygens (including phenoxy) is 5. The van der Waals surface area contributed by atoms with E-state index in [2.05, 4.69) is 0 Å². The van der Waals surface area contributed by atoms with E-state index in [1.807, 2.05) is 13.8 Å². The summed E-state index contributed by atoms with van der Waals surface area (Å²) in [6.07, 6.45) is 3.42. The van der Waals surface area contributed by atoms with Crippen LogP contribution in [0.3, 0.4) is 0 Å². The number of carbonyl (C=O) groups excluding carboxylic acids is 2. The zero-order valence-corrected chi connectivity index (χ0v) is 15.2. The van der Waals surface area contributed by atoms with Gasteiger partial charge in [-0.25, -0.2) is 0 Å². The van der Waals surface area contributed by atoms with Gasteiger partial charge in [-0.05, 0) is 26.7 Å². The van der Waals surface area contributed by atoms with Crippen molar-refractivity contribution >= 4 is 11.9 Å². The fourth-order valence-electron chi connectivity index (χ4n) is 2.79. The second-order valence-electron chi connectivity index (χ2n) is 6.45. The van der Waals surface area contributed by atoms with Gasteiger partial charge in [0.2, 0.25) is 0 Å². The van der Waals surface area contributed by atoms with E-state index in [9.17, 15) is 9.59 Å². The van der Waals surface area contributed by atoms with Gasteiger partial charge in [0.15, 0.2) is 0 Å². The molecule has 0 amide bonds. The second kappa shape index (κ2) is 10.7. The molecule has 7 nitrogen and oxygen atoms in total. The Morgan fingerprint density at radius 1 is 0.840 bits per heavy atom. The van der Waals surface area contributed by atoms with E-state index in [4.69, 9.17) is 23.7 Å². The highest BCUT2D eigenvalue weighted by molar-refractivity contribution is 5.82. The van der Waals surface area contributed by atoms with Crippen molar-refractivity contribution in [1.29, 1.82) is 0 Å². The number of rotatable bonds is 8. The van der Waals surface area contributed by atoms with E-state index in [1.54, 1.807) is 0 Å². The predicted octanol–water partition coefficient (Wildman–Crippen LogP) is 1.72. The molecule has 4 unspecified atom stereocenters. The van der Waals surface area contributed by atoms with Crippen molar-refractivity contribution in [2.75, 3.05) is 39.6 Å². The number of epoxide rings is 2. The van der Waals surface area contributed by atoms with Crippen LogP contribution in [-0.4, -0.2) is 63.8 Å². The Morgan fingerprint density at radius 3 is 1.52 bits per heavy atom. The first kappa shape index (κ1) is 20.1. The molecule has 0 radical (unpaired) electrons. The molecule has 0 bridgehead atoms. The molecular formula is C18H30O7. The normalized spacial score (nSPS) is 29.8. The maximum Gasteiger partial charge on any atom is 0.309 e. The van der Waals surface area contributed by atoms with Crippen LogP contribution in [0, 0.1) is 11.8 Å². The van der Waals surface area contributed by atoms with Gasteiger partial charge >= 0.3 is 11.9 Å². The van der Waals surface area contributed by atoms with Crippen molar-refractivity contribution in [3.05, 3.63) is 0 Å². The van der Waals surface area contributed by atoms with Gasteiger partial charge in [-0.1, -0.05) is 12.8 Å². The standard InChI is InChI=1S/C14H20O6.C4H10O/c15-13(19-7-9-5-17-9)11-3-1-2-4-12(11)14(16)20-8-10-6-18-10;1-3-5-4-2/h9-12H,1-8H2;3-4H2,1-2H3. The van der Waals surface area contributed by atoms with Crippen molar-refractivity contribution in [1.82, 2.24) is 0 Å². The molecule has 1 aliphatic carbocycles. The van der Waals surface area contributed by atoms with Gasteiger partial charge in [-0.3, -0.25) is 9.59 Å². The van der Waals surface area contributed by atoms with Crippen LogP contribution in [0.2, 0.25) is 0 Å². The minimum atomic E-state index is -0.366. The second-order valence-corrected chi connectivity index (χ2v) is 6.45. The van der Waals surface area contributed by atoms with Gasteiger partial charge in [0, 0.05) is 13.2 Å². The van der Waals surface area contributed by atoms with E-state index < -0.39 is 0 Å². The molecule has 0 N–H and O–H groups in total. The molecule has 3 rings (SSSR count). The highest BCUT2D eigenvalue weighted by atomic mass is 16.6. The predicted molar refractivity (Wildman–Crippen MR) is 89.0 cm³/mol. The lowest BCUT2D eigenvalue weighted by Gasteiger charge is -2.28. The van der Waals surface area contributed by atoms with Crippen molar-refractivity contribution < 1.29 is 33.3 Å². The summed E-state index contributed by atoms with van der Waals surface area (Å²) in [4.78, 5) is 24.2. The van der Waals surface area contributed by atoms with Gasteiger partial charge in [-0.2, -0.15) is 0 Å². The van der Waals surface area contributed by atoms with Crippen molar-refractivity contribution in [3.8, 4) is 0 Å². The summed E-state index contributed by atoms with van der Waals surface area (Å²) in [7, 11) is 0. The minimum absolute atomic E-state index is 0.0555. The summed E-state index contributed by atoms with van der Waals surface area (Å²) in [6.45, 7) is 7.58.